The molecule has 1 aliphatic rings. The molecule has 24 heavy (non-hydrogen) atoms. The van der Waals surface area contributed by atoms with E-state index in [4.69, 9.17) is 4.42 Å². The van der Waals surface area contributed by atoms with Crippen molar-refractivity contribution in [2.45, 2.75) is 25.7 Å². The van der Waals surface area contributed by atoms with Crippen LogP contribution in [0.2, 0.25) is 0 Å². The summed E-state index contributed by atoms with van der Waals surface area (Å²) in [7, 11) is 0. The molecule has 0 radical (unpaired) electrons. The van der Waals surface area contributed by atoms with Gasteiger partial charge in [-0.05, 0) is 37.9 Å². The number of aryl methyl sites for hydroxylation is 1. The summed E-state index contributed by atoms with van der Waals surface area (Å²) in [4.78, 5) is 28.4. The predicted octanol–water partition coefficient (Wildman–Crippen LogP) is 2.97. The molecule has 2 aromatic heterocycles. The standard InChI is InChI=1S/C15H17N3O3S.2ClH/c1-9-7-11(10-3-2-4-16-8-10)21-14(20)12(9)13(19)18-15-17-5-6-22-15;;/h5-7,10,16H,2-4,8H2,1H3,(H,17,18,19);2*1H. The topological polar surface area (TPSA) is 84.2 Å². The van der Waals surface area contributed by atoms with E-state index in [0.29, 0.717) is 16.5 Å². The average Bonchev–Trinajstić information content (AvgIpc) is 3.00. The highest BCUT2D eigenvalue weighted by Gasteiger charge is 2.22. The number of rotatable bonds is 3. The Morgan fingerprint density at radius 2 is 2.25 bits per heavy atom. The third-order valence-corrected chi connectivity index (χ3v) is 4.44. The van der Waals surface area contributed by atoms with E-state index in [1.807, 2.05) is 0 Å². The van der Waals surface area contributed by atoms with Gasteiger partial charge in [-0.25, -0.2) is 9.78 Å². The van der Waals surface area contributed by atoms with Gasteiger partial charge in [0, 0.05) is 24.0 Å². The number of carbonyl (C=O) groups is 1. The third-order valence-electron chi connectivity index (χ3n) is 3.75. The number of nitrogens with one attached hydrogen (secondary N) is 2. The lowest BCUT2D eigenvalue weighted by Crippen LogP contribution is -2.30. The smallest absolute Gasteiger partial charge is 0.349 e. The summed E-state index contributed by atoms with van der Waals surface area (Å²) in [5.41, 5.74) is 0.0863. The molecule has 1 amide bonds. The van der Waals surface area contributed by atoms with Crippen LogP contribution in [0.4, 0.5) is 5.13 Å². The van der Waals surface area contributed by atoms with E-state index in [2.05, 4.69) is 15.6 Å². The molecule has 0 aliphatic carbocycles. The highest BCUT2D eigenvalue weighted by molar-refractivity contribution is 7.13. The van der Waals surface area contributed by atoms with Gasteiger partial charge in [0.15, 0.2) is 5.13 Å². The van der Waals surface area contributed by atoms with E-state index in [1.165, 1.54) is 11.3 Å². The number of thiazole rings is 1. The summed E-state index contributed by atoms with van der Waals surface area (Å²) in [6, 6.07) is 1.80. The lowest BCUT2D eigenvalue weighted by atomic mass is 9.95. The van der Waals surface area contributed by atoms with Crippen LogP contribution in [0.1, 0.15) is 40.4 Å². The predicted molar refractivity (Wildman–Crippen MR) is 99.1 cm³/mol. The lowest BCUT2D eigenvalue weighted by Gasteiger charge is -2.22. The molecule has 1 saturated heterocycles. The largest absolute Gasteiger partial charge is 0.427 e. The van der Waals surface area contributed by atoms with Gasteiger partial charge in [0.25, 0.3) is 5.91 Å². The molecule has 1 atom stereocenters. The lowest BCUT2D eigenvalue weighted by molar-refractivity contribution is 0.102. The SMILES string of the molecule is Cc1cc(C2CCCNC2)oc(=O)c1C(=O)Nc1nccs1.Cl.Cl. The van der Waals surface area contributed by atoms with Crippen LogP contribution in [0.5, 0.6) is 0 Å². The molecule has 6 nitrogen and oxygen atoms in total. The first-order valence-electron chi connectivity index (χ1n) is 7.21. The first kappa shape index (κ1) is 20.6. The van der Waals surface area contributed by atoms with E-state index in [-0.39, 0.29) is 36.3 Å². The van der Waals surface area contributed by atoms with E-state index in [9.17, 15) is 9.59 Å². The minimum Gasteiger partial charge on any atom is -0.427 e. The van der Waals surface area contributed by atoms with Gasteiger partial charge in [0.2, 0.25) is 0 Å². The Morgan fingerprint density at radius 3 is 2.83 bits per heavy atom. The minimum atomic E-state index is -0.588. The second kappa shape index (κ2) is 9.17. The second-order valence-electron chi connectivity index (χ2n) is 5.33. The fourth-order valence-electron chi connectivity index (χ4n) is 2.65. The van der Waals surface area contributed by atoms with Gasteiger partial charge in [-0.1, -0.05) is 0 Å². The van der Waals surface area contributed by atoms with Gasteiger partial charge >= 0.3 is 5.63 Å². The number of hydrogen-bond acceptors (Lipinski definition) is 6. The van der Waals surface area contributed by atoms with Crippen LogP contribution in [0.25, 0.3) is 0 Å². The van der Waals surface area contributed by atoms with E-state index in [0.717, 1.165) is 25.9 Å². The van der Waals surface area contributed by atoms with Gasteiger partial charge < -0.3 is 9.73 Å². The van der Waals surface area contributed by atoms with Gasteiger partial charge in [0.1, 0.15) is 11.3 Å². The van der Waals surface area contributed by atoms with Crippen molar-refractivity contribution in [1.82, 2.24) is 10.3 Å². The molecule has 1 unspecified atom stereocenters. The van der Waals surface area contributed by atoms with Crippen molar-refractivity contribution in [3.8, 4) is 0 Å². The van der Waals surface area contributed by atoms with Crippen LogP contribution >= 0.6 is 36.2 Å². The van der Waals surface area contributed by atoms with Crippen molar-refractivity contribution in [3.05, 3.63) is 45.0 Å². The van der Waals surface area contributed by atoms with Gasteiger partial charge in [-0.2, -0.15) is 0 Å². The molecule has 9 heteroatoms. The molecular weight excluding hydrogens is 373 g/mol. The molecule has 1 aliphatic heterocycles. The Hall–Kier alpha value is -1.41. The number of hydrogen-bond donors (Lipinski definition) is 2. The Kier molecular flexibility index (Phi) is 7.89. The maximum absolute atomic E-state index is 12.2. The number of aromatic nitrogens is 1. The quantitative estimate of drug-likeness (QED) is 0.839. The van der Waals surface area contributed by atoms with Gasteiger partial charge in [0.05, 0.1) is 0 Å². The molecule has 0 aromatic carbocycles. The van der Waals surface area contributed by atoms with Gasteiger partial charge in [-0.15, -0.1) is 36.2 Å². The first-order valence-corrected chi connectivity index (χ1v) is 8.09. The van der Waals surface area contributed by atoms with Crippen molar-refractivity contribution in [2.75, 3.05) is 18.4 Å². The summed E-state index contributed by atoms with van der Waals surface area (Å²) < 4.78 is 5.40. The number of carbonyl (C=O) groups excluding carboxylic acids is 1. The minimum absolute atomic E-state index is 0. The second-order valence-corrected chi connectivity index (χ2v) is 6.22. The van der Waals surface area contributed by atoms with E-state index >= 15 is 0 Å². The first-order chi connectivity index (χ1) is 10.6. The van der Waals surface area contributed by atoms with E-state index < -0.39 is 11.5 Å². The molecular formula is C15H19Cl2N3O3S. The fraction of sp³-hybridized carbons (Fsp3) is 0.400. The van der Waals surface area contributed by atoms with Crippen LogP contribution in [0, 0.1) is 6.92 Å². The summed E-state index contributed by atoms with van der Waals surface area (Å²) >= 11 is 1.30. The highest BCUT2D eigenvalue weighted by atomic mass is 35.5. The van der Waals surface area contributed by atoms with Crippen LogP contribution in [0.3, 0.4) is 0 Å². The zero-order valence-electron chi connectivity index (χ0n) is 13.0. The molecule has 0 spiro atoms. The number of amides is 1. The van der Waals surface area contributed by atoms with Crippen LogP contribution in [-0.4, -0.2) is 24.0 Å². The molecule has 132 valence electrons. The normalized spacial score (nSPS) is 16.6. The summed E-state index contributed by atoms with van der Waals surface area (Å²) in [6.07, 6.45) is 3.63. The molecule has 3 rings (SSSR count). The number of piperidine rings is 1. The summed E-state index contributed by atoms with van der Waals surface area (Å²) in [5.74, 6) is 0.367. The van der Waals surface area contributed by atoms with Crippen molar-refractivity contribution in [1.29, 1.82) is 0 Å². The monoisotopic (exact) mass is 391 g/mol. The van der Waals surface area contributed by atoms with Crippen LogP contribution in [0.15, 0.2) is 26.9 Å². The zero-order chi connectivity index (χ0) is 15.5. The number of halogens is 2. The highest BCUT2D eigenvalue weighted by Crippen LogP contribution is 2.24. The third kappa shape index (κ3) is 4.57. The Morgan fingerprint density at radius 1 is 1.46 bits per heavy atom. The fourth-order valence-corrected chi connectivity index (χ4v) is 3.17. The Balaban J connectivity index is 0.00000144. The Bertz CT molecular complexity index is 728. The maximum atomic E-state index is 12.2. The summed E-state index contributed by atoms with van der Waals surface area (Å²) in [5, 5.41) is 8.12. The molecule has 0 saturated carbocycles. The molecule has 3 heterocycles. The average molecular weight is 392 g/mol. The molecule has 1 fully saturated rings. The van der Waals surface area contributed by atoms with Crippen molar-refractivity contribution in [2.24, 2.45) is 0 Å². The zero-order valence-corrected chi connectivity index (χ0v) is 15.5. The van der Waals surface area contributed by atoms with Crippen molar-refractivity contribution >= 4 is 47.2 Å². The van der Waals surface area contributed by atoms with Crippen LogP contribution < -0.4 is 16.3 Å². The number of nitrogens with zero attached hydrogens (tertiary/aromatic N) is 1. The Labute approximate surface area is 155 Å². The summed E-state index contributed by atoms with van der Waals surface area (Å²) in [6.45, 7) is 3.55. The van der Waals surface area contributed by atoms with Crippen molar-refractivity contribution < 1.29 is 9.21 Å². The van der Waals surface area contributed by atoms with E-state index in [1.54, 1.807) is 24.6 Å². The maximum Gasteiger partial charge on any atom is 0.349 e. The van der Waals surface area contributed by atoms with Crippen molar-refractivity contribution in [3.63, 3.8) is 0 Å². The number of anilines is 1. The van der Waals surface area contributed by atoms with Gasteiger partial charge in [-0.3, -0.25) is 10.1 Å². The molecule has 2 aromatic rings. The molecule has 2 N–H and O–H groups in total. The molecule has 0 bridgehead atoms. The van der Waals surface area contributed by atoms with Crippen LogP contribution in [-0.2, 0) is 0 Å².